The molecule has 13 aromatic carbocycles. The van der Waals surface area contributed by atoms with Crippen LogP contribution in [-0.2, 0) is 5.41 Å². The van der Waals surface area contributed by atoms with Crippen LogP contribution in [0.5, 0.6) is 23.0 Å². The van der Waals surface area contributed by atoms with E-state index < -0.39 is 0 Å². The summed E-state index contributed by atoms with van der Waals surface area (Å²) in [4.78, 5) is 7.27. The van der Waals surface area contributed by atoms with Gasteiger partial charge in [-0.25, -0.2) is 0 Å². The van der Waals surface area contributed by atoms with Crippen LogP contribution in [0.15, 0.2) is 270 Å². The molecule has 11 heteroatoms. The topological polar surface area (TPSA) is 93.2 Å². The molecule has 1 N–H and O–H groups in total. The van der Waals surface area contributed by atoms with Gasteiger partial charge in [0.15, 0.2) is 23.0 Å². The van der Waals surface area contributed by atoms with E-state index in [1.807, 2.05) is 72.8 Å². The molecule has 0 saturated heterocycles. The minimum Gasteiger partial charge on any atom is -0.507 e. The molecular formula is C86H62BN3O7. The Balaban J connectivity index is 0.882. The van der Waals surface area contributed by atoms with E-state index in [1.54, 1.807) is 0 Å². The van der Waals surface area contributed by atoms with Crippen LogP contribution < -0.4 is 50.0 Å². The average molecular weight is 1260 g/mol. The second-order valence-corrected chi connectivity index (χ2v) is 26.6. The maximum Gasteiger partial charge on any atom is 0.252 e. The van der Waals surface area contributed by atoms with E-state index in [0.717, 1.165) is 156 Å². The molecule has 0 unspecified atom stereocenters. The zero-order valence-corrected chi connectivity index (χ0v) is 53.5. The molecule has 0 spiro atoms. The summed E-state index contributed by atoms with van der Waals surface area (Å²) in [6, 6.07) is 92.8. The largest absolute Gasteiger partial charge is 0.507 e. The molecule has 15 aromatic rings. The number of rotatable bonds is 9. The summed E-state index contributed by atoms with van der Waals surface area (Å²) in [6.07, 6.45) is 1.81. The van der Waals surface area contributed by atoms with E-state index >= 15 is 0 Å². The molecule has 0 atom stereocenters. The first kappa shape index (κ1) is 56.5. The lowest BCUT2D eigenvalue weighted by Gasteiger charge is -2.45. The molecule has 466 valence electrons. The standard InChI is InChI=1S/C86H62BN3O7/c1-86(2,3)60-26-29-61(30-27-60)88(63-28-22-54-41-59(21-20-55(54)43-63)76(91)40-52-12-5-4-6-13-52)65-47-74-85-75(48-65)90(64-31-35-79-82(49-64)93-37-36-92-79)73-51-84-83(94-38-39-95-84)50-71(73)87(85)70-34-25-56(58-24-33-69-67-17-8-10-19-78(67)97-81(69)46-58)44-72(70)89(74)62-15-11-14-53(42-62)57-23-32-68-66-16-7-9-18-77(66)96-80(68)45-57/h4-35,40-51,91H,36-39H2,1-3H3/b76-40-. The second kappa shape index (κ2) is 22.0. The fraction of sp³-hybridized carbons (Fsp3) is 0.0930. The molecule has 0 aliphatic carbocycles. The highest BCUT2D eigenvalue weighted by atomic mass is 16.6. The monoisotopic (exact) mass is 1260 g/mol. The Hall–Kier alpha value is -12.1. The molecule has 19 rings (SSSR count). The van der Waals surface area contributed by atoms with E-state index in [1.165, 1.54) is 5.56 Å². The van der Waals surface area contributed by atoms with Gasteiger partial charge in [-0.3, -0.25) is 0 Å². The first-order valence-corrected chi connectivity index (χ1v) is 33.2. The molecule has 0 radical (unpaired) electrons. The summed E-state index contributed by atoms with van der Waals surface area (Å²) in [7, 11) is 0. The van der Waals surface area contributed by atoms with Gasteiger partial charge in [0.1, 0.15) is 54.5 Å². The number of aliphatic hydroxyl groups excluding tert-OH is 1. The molecule has 6 heterocycles. The lowest BCUT2D eigenvalue weighted by molar-refractivity contribution is 0.171. The molecule has 0 bridgehead atoms. The van der Waals surface area contributed by atoms with Crippen molar-refractivity contribution in [2.75, 3.05) is 41.1 Å². The van der Waals surface area contributed by atoms with Crippen molar-refractivity contribution in [2.45, 2.75) is 26.2 Å². The predicted octanol–water partition coefficient (Wildman–Crippen LogP) is 20.4. The Morgan fingerprint density at radius 1 is 0.402 bits per heavy atom. The van der Waals surface area contributed by atoms with Crippen molar-refractivity contribution in [2.24, 2.45) is 0 Å². The summed E-state index contributed by atoms with van der Waals surface area (Å²) < 4.78 is 38.9. The Kier molecular flexibility index (Phi) is 12.8. The third-order valence-corrected chi connectivity index (χ3v) is 19.8. The zero-order chi connectivity index (χ0) is 64.6. The third-order valence-electron chi connectivity index (χ3n) is 19.8. The Morgan fingerprint density at radius 2 is 0.959 bits per heavy atom. The number of ether oxygens (including phenoxy) is 4. The van der Waals surface area contributed by atoms with Crippen molar-refractivity contribution in [1.82, 2.24) is 0 Å². The number of benzene rings is 13. The van der Waals surface area contributed by atoms with Crippen molar-refractivity contribution in [3.8, 4) is 45.3 Å². The molecule has 4 aliphatic rings. The van der Waals surface area contributed by atoms with Crippen LogP contribution in [0, 0.1) is 0 Å². The highest BCUT2D eigenvalue weighted by Gasteiger charge is 2.45. The number of nitrogens with zero attached hydrogens (tertiary/aromatic N) is 3. The van der Waals surface area contributed by atoms with Crippen molar-refractivity contribution in [3.05, 3.63) is 278 Å². The van der Waals surface area contributed by atoms with E-state index in [0.29, 0.717) is 49.4 Å². The maximum atomic E-state index is 11.6. The normalized spacial score (nSPS) is 13.9. The number of para-hydroxylation sites is 2. The van der Waals surface area contributed by atoms with Crippen LogP contribution >= 0.6 is 0 Å². The van der Waals surface area contributed by atoms with Gasteiger partial charge in [-0.2, -0.15) is 0 Å². The molecule has 0 fully saturated rings. The van der Waals surface area contributed by atoms with E-state index in [2.05, 4.69) is 230 Å². The minimum atomic E-state index is -0.308. The highest BCUT2D eigenvalue weighted by Crippen LogP contribution is 2.52. The summed E-state index contributed by atoms with van der Waals surface area (Å²) in [6.45, 7) is 8.24. The second-order valence-electron chi connectivity index (χ2n) is 26.6. The lowest BCUT2D eigenvalue weighted by Crippen LogP contribution is -2.61. The number of fused-ring (bicyclic) bond motifs is 13. The number of hydrogen-bond acceptors (Lipinski definition) is 10. The fourth-order valence-corrected chi connectivity index (χ4v) is 15.1. The Morgan fingerprint density at radius 3 is 1.65 bits per heavy atom. The minimum absolute atomic E-state index is 0.0993. The van der Waals surface area contributed by atoms with E-state index in [-0.39, 0.29) is 17.9 Å². The molecular weight excluding hydrogens is 1200 g/mol. The van der Waals surface area contributed by atoms with E-state index in [4.69, 9.17) is 27.8 Å². The predicted molar refractivity (Wildman–Crippen MR) is 396 cm³/mol. The van der Waals surface area contributed by atoms with Crippen LogP contribution in [0.4, 0.5) is 51.2 Å². The first-order valence-electron chi connectivity index (χ1n) is 33.2. The van der Waals surface area contributed by atoms with Crippen LogP contribution in [0.3, 0.4) is 0 Å². The van der Waals surface area contributed by atoms with Crippen molar-refractivity contribution < 1.29 is 32.9 Å². The van der Waals surface area contributed by atoms with Gasteiger partial charge in [0.05, 0.1) is 11.4 Å². The van der Waals surface area contributed by atoms with Crippen LogP contribution in [0.25, 0.3) is 88.7 Å². The maximum absolute atomic E-state index is 11.6. The van der Waals surface area contributed by atoms with Gasteiger partial charge in [0.2, 0.25) is 0 Å². The van der Waals surface area contributed by atoms with Crippen LogP contribution in [0.2, 0.25) is 0 Å². The molecule has 10 nitrogen and oxygen atoms in total. The summed E-state index contributed by atoms with van der Waals surface area (Å²) in [5, 5.41) is 17.9. The fourth-order valence-electron chi connectivity index (χ4n) is 15.1. The summed E-state index contributed by atoms with van der Waals surface area (Å²) in [5.41, 5.74) is 22.3. The van der Waals surface area contributed by atoms with Gasteiger partial charge < -0.3 is 47.6 Å². The number of furan rings is 2. The molecule has 97 heavy (non-hydrogen) atoms. The van der Waals surface area contributed by atoms with Gasteiger partial charge in [-0.15, -0.1) is 0 Å². The van der Waals surface area contributed by atoms with Gasteiger partial charge in [-0.1, -0.05) is 154 Å². The Bertz CT molecular complexity index is 5770. The van der Waals surface area contributed by atoms with E-state index in [9.17, 15) is 5.11 Å². The molecule has 0 saturated carbocycles. The smallest absolute Gasteiger partial charge is 0.252 e. The highest BCUT2D eigenvalue weighted by molar-refractivity contribution is 7.00. The van der Waals surface area contributed by atoms with Gasteiger partial charge in [0, 0.05) is 79.1 Å². The van der Waals surface area contributed by atoms with Crippen LogP contribution in [-0.4, -0.2) is 38.2 Å². The third kappa shape index (κ3) is 9.47. The number of anilines is 9. The quantitative estimate of drug-likeness (QED) is 0.0856. The van der Waals surface area contributed by atoms with Gasteiger partial charge in [0.25, 0.3) is 6.71 Å². The van der Waals surface area contributed by atoms with Gasteiger partial charge >= 0.3 is 0 Å². The van der Waals surface area contributed by atoms with Crippen molar-refractivity contribution >= 4 is 141 Å². The summed E-state index contributed by atoms with van der Waals surface area (Å²) in [5.74, 6) is 2.97. The molecule has 4 aliphatic heterocycles. The number of aliphatic hydroxyl groups is 1. The van der Waals surface area contributed by atoms with Crippen molar-refractivity contribution in [3.63, 3.8) is 0 Å². The number of hydrogen-bond donors (Lipinski definition) is 1. The van der Waals surface area contributed by atoms with Gasteiger partial charge in [-0.05, 0) is 187 Å². The average Bonchev–Trinajstić information content (AvgIpc) is 1.48. The summed E-state index contributed by atoms with van der Waals surface area (Å²) >= 11 is 0. The first-order chi connectivity index (χ1) is 47.6. The van der Waals surface area contributed by atoms with Crippen LogP contribution in [0.1, 0.15) is 37.5 Å². The molecule has 0 amide bonds. The zero-order valence-electron chi connectivity index (χ0n) is 53.5. The van der Waals surface area contributed by atoms with Crippen molar-refractivity contribution in [1.29, 1.82) is 0 Å². The Labute approximate surface area is 560 Å². The lowest BCUT2D eigenvalue weighted by atomic mass is 9.33. The SMILES string of the molecule is CC(C)(C)c1ccc(N(c2cc3c4c(c2)N(c2ccc5c(c2)OCCO5)c2cc5c(cc2B4c2ccc(-c4ccc6c(c4)oc4ccccc46)cc2N3c2cccc(-c3ccc4c(c3)oc3ccccc34)c2)OCCO5)c2ccc3cc(/C(O)=C/c4ccccc4)ccc3c2)cc1. The molecule has 2 aromatic heterocycles.